The van der Waals surface area contributed by atoms with E-state index in [1.54, 1.807) is 0 Å². The normalized spacial score (nSPS) is 7.08. The van der Waals surface area contributed by atoms with Gasteiger partial charge < -0.3 is 59.8 Å². The minimum atomic E-state index is 0. The average Bonchev–Trinajstić information content (AvgIpc) is 1.91. The van der Waals surface area contributed by atoms with Crippen LogP contribution in [0.5, 0.6) is 0 Å². The highest BCUT2D eigenvalue weighted by Gasteiger charge is 1.86. The van der Waals surface area contributed by atoms with E-state index in [1.165, 1.54) is 5.56 Å². The fraction of sp³-hybridized carbons (Fsp3) is 0.250. The molecule has 0 heterocycles. The Morgan fingerprint density at radius 2 is 1.50 bits per heavy atom. The summed E-state index contributed by atoms with van der Waals surface area (Å²) in [6.45, 7) is 0.990. The zero-order valence-electron chi connectivity index (χ0n) is 7.26. The second kappa shape index (κ2) is 11.6. The van der Waals surface area contributed by atoms with Gasteiger partial charge in [-0.15, -0.1) is 0 Å². The van der Waals surface area contributed by atoms with Crippen molar-refractivity contribution < 1.29 is 53.7 Å². The maximum Gasteiger partial charge on any atom is 0.0780 e. The molecule has 0 saturated heterocycles. The zero-order chi connectivity index (χ0) is 6.53. The molecule has 0 amide bonds. The van der Waals surface area contributed by atoms with Crippen molar-refractivity contribution >= 4 is 0 Å². The summed E-state index contributed by atoms with van der Waals surface area (Å²) in [6, 6.07) is 10.4. The largest absolute Gasteiger partial charge is 1.00 e. The third-order valence-corrected chi connectivity index (χ3v) is 1.31. The van der Waals surface area contributed by atoms with Gasteiger partial charge in [0.25, 0.3) is 0 Å². The summed E-state index contributed by atoms with van der Waals surface area (Å²) in [5.74, 6) is 0. The predicted molar refractivity (Wildman–Crippen MR) is 43.9 cm³/mol. The molecule has 0 fully saturated rings. The summed E-state index contributed by atoms with van der Waals surface area (Å²) in [5.41, 5.74) is 5.16. The molecule has 1 aromatic carbocycles. The maximum absolute atomic E-state index is 3.78. The van der Waals surface area contributed by atoms with Crippen molar-refractivity contribution in [3.05, 3.63) is 35.9 Å². The first-order valence-corrected chi connectivity index (χ1v) is 3.26. The summed E-state index contributed by atoms with van der Waals surface area (Å²) in [7, 11) is 0. The van der Waals surface area contributed by atoms with Gasteiger partial charge in [-0.3, -0.25) is 0 Å². The van der Waals surface area contributed by atoms with Crippen molar-refractivity contribution in [2.24, 2.45) is 0 Å². The van der Waals surface area contributed by atoms with Gasteiger partial charge >= 0.3 is 0 Å². The minimum Gasteiger partial charge on any atom is -1.00 e. The van der Waals surface area contributed by atoms with Crippen LogP contribution in [0.1, 0.15) is 5.56 Å². The first-order chi connectivity index (χ1) is 4.43. The second-order valence-electron chi connectivity index (χ2n) is 2.09. The maximum atomic E-state index is 3.78. The fourth-order valence-electron chi connectivity index (χ4n) is 0.849. The average molecular weight is 394 g/mol. The Morgan fingerprint density at radius 1 is 1.00 bits per heavy atom. The Labute approximate surface area is 108 Å². The van der Waals surface area contributed by atoms with Crippen LogP contribution >= 0.6 is 0 Å². The molecule has 7 N–H and O–H groups in total. The highest BCUT2D eigenvalue weighted by Crippen LogP contribution is 1.96. The molecule has 12 heavy (non-hydrogen) atoms. The first kappa shape index (κ1) is 18.4. The van der Waals surface area contributed by atoms with Crippen LogP contribution in [0.15, 0.2) is 30.3 Å². The molecule has 0 unspecified atom stereocenters. The van der Waals surface area contributed by atoms with E-state index in [0.717, 1.165) is 13.0 Å². The Balaban J connectivity index is -0.000000270. The monoisotopic (exact) mass is 394 g/mol. The van der Waals surface area contributed by atoms with Crippen LogP contribution in [0.25, 0.3) is 0 Å². The molecule has 1 rings (SSSR count). The topological polar surface area (TPSA) is 64.1 Å². The van der Waals surface area contributed by atoms with Crippen LogP contribution in [0.4, 0.5) is 0 Å². The van der Waals surface area contributed by atoms with Gasteiger partial charge in [0.05, 0.1) is 6.54 Å². The number of hydrogen-bond donors (Lipinski definition) is 2. The summed E-state index contributed by atoms with van der Waals surface area (Å²) in [4.78, 5) is 0. The molecule has 0 spiro atoms. The van der Waals surface area contributed by atoms with E-state index in [1.807, 2.05) is 6.07 Å². The van der Waals surface area contributed by atoms with E-state index in [2.05, 4.69) is 30.0 Å². The Bertz CT molecular complexity index is 168. The molecule has 2 nitrogen and oxygen atoms in total. The highest BCUT2D eigenvalue weighted by atomic mass is 127. The number of hydrogen-bond acceptors (Lipinski definition) is 0. The summed E-state index contributed by atoms with van der Waals surface area (Å²) in [5, 5.41) is 0. The molecule has 4 heteroatoms. The van der Waals surface area contributed by atoms with E-state index in [4.69, 9.17) is 0 Å². The molecular weight excluding hydrogens is 378 g/mol. The van der Waals surface area contributed by atoms with Crippen molar-refractivity contribution in [2.45, 2.75) is 6.42 Å². The molecule has 0 aliphatic rings. The van der Waals surface area contributed by atoms with E-state index in [-0.39, 0.29) is 54.1 Å². The molecule has 0 radical (unpaired) electrons. The van der Waals surface area contributed by atoms with Crippen LogP contribution in [-0.4, -0.2) is 6.54 Å². The van der Waals surface area contributed by atoms with Gasteiger partial charge in [0.15, 0.2) is 0 Å². The lowest BCUT2D eigenvalue weighted by molar-refractivity contribution is -0.366. The lowest BCUT2D eigenvalue weighted by atomic mass is 10.2. The van der Waals surface area contributed by atoms with E-state index >= 15 is 0 Å². The predicted octanol–water partition coefficient (Wildman–Crippen LogP) is -5.14. The van der Waals surface area contributed by atoms with E-state index in [9.17, 15) is 0 Å². The van der Waals surface area contributed by atoms with E-state index < -0.39 is 0 Å². The molecule has 0 bridgehead atoms. The lowest BCUT2D eigenvalue weighted by Gasteiger charge is -1.92. The van der Waals surface area contributed by atoms with Crippen LogP contribution < -0.4 is 59.8 Å². The van der Waals surface area contributed by atoms with Crippen LogP contribution in [0.3, 0.4) is 0 Å². The standard InChI is InChI=1S/C8H11N.2HI.H3N/c9-7-6-8-4-2-1-3-5-8;;;/h1-5H,6-7,9H2;2*1H;1H3. The fourth-order valence-corrected chi connectivity index (χ4v) is 0.849. The van der Waals surface area contributed by atoms with E-state index in [0.29, 0.717) is 0 Å². The Morgan fingerprint density at radius 3 is 1.92 bits per heavy atom. The number of benzene rings is 1. The third-order valence-electron chi connectivity index (χ3n) is 1.31. The van der Waals surface area contributed by atoms with Gasteiger partial charge in [-0.2, -0.15) is 0 Å². The number of quaternary nitrogens is 2. The quantitative estimate of drug-likeness (QED) is 0.472. The second-order valence-corrected chi connectivity index (χ2v) is 2.09. The zero-order valence-corrected chi connectivity index (χ0v) is 11.6. The SMILES string of the molecule is [I-].[I-].[NH3+]CCc1ccccc1.[NH4+]. The van der Waals surface area contributed by atoms with Crippen LogP contribution in [0.2, 0.25) is 0 Å². The highest BCUT2D eigenvalue weighted by molar-refractivity contribution is 5.14. The molecule has 0 saturated carbocycles. The van der Waals surface area contributed by atoms with Crippen molar-refractivity contribution in [2.75, 3.05) is 6.54 Å². The van der Waals surface area contributed by atoms with Gasteiger partial charge in [0, 0.05) is 6.42 Å². The summed E-state index contributed by atoms with van der Waals surface area (Å²) in [6.07, 6.45) is 1.10. The molecule has 0 aromatic heterocycles. The lowest BCUT2D eigenvalue weighted by Crippen LogP contribution is -3.00. The third kappa shape index (κ3) is 7.26. The van der Waals surface area contributed by atoms with Crippen LogP contribution in [0, 0.1) is 0 Å². The molecule has 0 aliphatic carbocycles. The van der Waals surface area contributed by atoms with Crippen molar-refractivity contribution in [3.63, 3.8) is 0 Å². The van der Waals surface area contributed by atoms with Gasteiger partial charge in [-0.1, -0.05) is 30.3 Å². The molecule has 0 atom stereocenters. The van der Waals surface area contributed by atoms with Crippen molar-refractivity contribution in [1.29, 1.82) is 0 Å². The molecule has 1 aromatic rings. The smallest absolute Gasteiger partial charge is 0.0780 e. The number of rotatable bonds is 2. The summed E-state index contributed by atoms with van der Waals surface area (Å²) < 4.78 is 0. The molecular formula is C8H16I2N2. The first-order valence-electron chi connectivity index (χ1n) is 3.26. The van der Waals surface area contributed by atoms with Gasteiger partial charge in [0.1, 0.15) is 0 Å². The van der Waals surface area contributed by atoms with Gasteiger partial charge in [-0.25, -0.2) is 0 Å². The summed E-state index contributed by atoms with van der Waals surface area (Å²) >= 11 is 0. The van der Waals surface area contributed by atoms with Gasteiger partial charge in [0.2, 0.25) is 0 Å². The molecule has 0 aliphatic heterocycles. The van der Waals surface area contributed by atoms with Crippen molar-refractivity contribution in [1.82, 2.24) is 6.15 Å². The van der Waals surface area contributed by atoms with Gasteiger partial charge in [-0.05, 0) is 5.56 Å². The minimum absolute atomic E-state index is 0. The number of halogens is 2. The van der Waals surface area contributed by atoms with Crippen LogP contribution in [-0.2, 0) is 6.42 Å². The Hall–Kier alpha value is 0.600. The Kier molecular flexibility index (Phi) is 17.8. The van der Waals surface area contributed by atoms with Crippen molar-refractivity contribution in [3.8, 4) is 0 Å². The molecule has 72 valence electrons.